The van der Waals surface area contributed by atoms with Gasteiger partial charge in [-0.1, -0.05) is 26.8 Å². The van der Waals surface area contributed by atoms with Crippen LogP contribution < -0.4 is 5.56 Å². The highest BCUT2D eigenvalue weighted by Gasteiger charge is 2.25. The van der Waals surface area contributed by atoms with E-state index in [2.05, 4.69) is 50.8 Å². The summed E-state index contributed by atoms with van der Waals surface area (Å²) in [5.74, 6) is 0.539. The fraction of sp³-hybridized carbons (Fsp3) is 0.400. The van der Waals surface area contributed by atoms with E-state index in [0.29, 0.717) is 18.1 Å². The third kappa shape index (κ3) is 3.55. The maximum atomic E-state index is 12.7. The summed E-state index contributed by atoms with van der Waals surface area (Å²) in [6, 6.07) is 5.59. The molecule has 27 heavy (non-hydrogen) atoms. The fourth-order valence-corrected chi connectivity index (χ4v) is 3.56. The topological polar surface area (TPSA) is 90.6 Å². The van der Waals surface area contributed by atoms with Gasteiger partial charge >= 0.3 is 0 Å². The molecule has 0 spiro atoms. The number of pyridine rings is 1. The molecule has 0 amide bonds. The molecule has 1 aliphatic heterocycles. The largest absolute Gasteiger partial charge is 0.305 e. The van der Waals surface area contributed by atoms with Gasteiger partial charge in [0.25, 0.3) is 5.56 Å². The normalized spacial score (nSPS) is 14.9. The summed E-state index contributed by atoms with van der Waals surface area (Å²) >= 11 is 0. The number of nitrogens with one attached hydrogen (secondary N) is 2. The monoisotopic (exact) mass is 364 g/mol. The third-order valence-electron chi connectivity index (χ3n) is 4.92. The van der Waals surface area contributed by atoms with Crippen LogP contribution in [0.5, 0.6) is 0 Å². The molecule has 4 heterocycles. The van der Waals surface area contributed by atoms with E-state index in [9.17, 15) is 4.79 Å². The van der Waals surface area contributed by atoms with Crippen LogP contribution in [0.2, 0.25) is 0 Å². The van der Waals surface area contributed by atoms with Crippen molar-refractivity contribution in [1.29, 1.82) is 0 Å². The molecule has 0 atom stereocenters. The van der Waals surface area contributed by atoms with E-state index in [0.717, 1.165) is 36.5 Å². The molecule has 7 nitrogen and oxygen atoms in total. The molecule has 7 heteroatoms. The van der Waals surface area contributed by atoms with Gasteiger partial charge in [0.15, 0.2) is 5.82 Å². The Hall–Kier alpha value is -2.80. The summed E-state index contributed by atoms with van der Waals surface area (Å²) in [5.41, 5.74) is 4.57. The number of rotatable bonds is 3. The van der Waals surface area contributed by atoms with Crippen molar-refractivity contribution in [3.05, 3.63) is 63.5 Å². The lowest BCUT2D eigenvalue weighted by atomic mass is 9.89. The molecule has 0 fully saturated rings. The first-order valence-corrected chi connectivity index (χ1v) is 9.20. The summed E-state index contributed by atoms with van der Waals surface area (Å²) in [6.07, 6.45) is 4.35. The highest BCUT2D eigenvalue weighted by molar-refractivity contribution is 5.49. The van der Waals surface area contributed by atoms with Crippen LogP contribution >= 0.6 is 0 Å². The number of hydrogen-bond donors (Lipinski definition) is 2. The van der Waals surface area contributed by atoms with Crippen molar-refractivity contribution in [3.63, 3.8) is 0 Å². The summed E-state index contributed by atoms with van der Waals surface area (Å²) in [5, 5.41) is 7.35. The molecule has 140 valence electrons. The first-order valence-electron chi connectivity index (χ1n) is 9.20. The van der Waals surface area contributed by atoms with E-state index in [-0.39, 0.29) is 11.0 Å². The van der Waals surface area contributed by atoms with Crippen molar-refractivity contribution >= 4 is 0 Å². The van der Waals surface area contributed by atoms with E-state index < -0.39 is 0 Å². The molecule has 1 aliphatic rings. The van der Waals surface area contributed by atoms with Crippen LogP contribution in [-0.4, -0.2) is 36.6 Å². The second-order valence-corrected chi connectivity index (χ2v) is 8.04. The Labute approximate surface area is 157 Å². The maximum absolute atomic E-state index is 12.7. The molecule has 3 aromatic rings. The van der Waals surface area contributed by atoms with E-state index in [4.69, 9.17) is 0 Å². The summed E-state index contributed by atoms with van der Waals surface area (Å²) in [4.78, 5) is 26.8. The second kappa shape index (κ2) is 6.74. The lowest BCUT2D eigenvalue weighted by Crippen LogP contribution is -2.36. The van der Waals surface area contributed by atoms with Gasteiger partial charge in [0.05, 0.1) is 17.5 Å². The van der Waals surface area contributed by atoms with Crippen LogP contribution in [0.1, 0.15) is 43.3 Å². The Balaban J connectivity index is 1.58. The SMILES string of the molecule is CC(C)(C)c1[nH]ncc1CN1CCc2nc(-c3ccccn3)[nH]c(=O)c2C1. The van der Waals surface area contributed by atoms with Crippen LogP contribution in [0.25, 0.3) is 11.5 Å². The molecule has 0 radical (unpaired) electrons. The Morgan fingerprint density at radius 1 is 1.26 bits per heavy atom. The molecule has 3 aromatic heterocycles. The van der Waals surface area contributed by atoms with Gasteiger partial charge in [-0.15, -0.1) is 0 Å². The van der Waals surface area contributed by atoms with Gasteiger partial charge in [-0.2, -0.15) is 5.10 Å². The highest BCUT2D eigenvalue weighted by Crippen LogP contribution is 2.26. The fourth-order valence-electron chi connectivity index (χ4n) is 3.56. The summed E-state index contributed by atoms with van der Waals surface area (Å²) < 4.78 is 0. The second-order valence-electron chi connectivity index (χ2n) is 8.04. The molecular weight excluding hydrogens is 340 g/mol. The highest BCUT2D eigenvalue weighted by atomic mass is 16.1. The van der Waals surface area contributed by atoms with E-state index in [1.807, 2.05) is 24.4 Å². The standard InChI is InChI=1S/C20H24N6O/c1-20(2,3)17-13(10-22-25-17)11-26-9-7-15-14(12-26)19(27)24-18(23-15)16-6-4-5-8-21-16/h4-6,8,10H,7,9,11-12H2,1-3H3,(H,22,25)(H,23,24,27). The molecule has 0 saturated heterocycles. The summed E-state index contributed by atoms with van der Waals surface area (Å²) in [7, 11) is 0. The van der Waals surface area contributed by atoms with Crippen molar-refractivity contribution < 1.29 is 0 Å². The van der Waals surface area contributed by atoms with E-state index >= 15 is 0 Å². The van der Waals surface area contributed by atoms with Crippen LogP contribution in [-0.2, 0) is 24.9 Å². The quantitative estimate of drug-likeness (QED) is 0.745. The molecule has 4 rings (SSSR count). The number of fused-ring (bicyclic) bond motifs is 1. The zero-order valence-corrected chi connectivity index (χ0v) is 15.9. The Morgan fingerprint density at radius 2 is 2.11 bits per heavy atom. The van der Waals surface area contributed by atoms with Crippen LogP contribution in [0, 0.1) is 0 Å². The first kappa shape index (κ1) is 17.6. The number of hydrogen-bond acceptors (Lipinski definition) is 5. The predicted octanol–water partition coefficient (Wildman–Crippen LogP) is 2.41. The third-order valence-corrected chi connectivity index (χ3v) is 4.92. The van der Waals surface area contributed by atoms with Crippen LogP contribution in [0.15, 0.2) is 35.4 Å². The number of aromatic amines is 2. The number of aromatic nitrogens is 5. The average Bonchev–Trinajstić information content (AvgIpc) is 3.11. The lowest BCUT2D eigenvalue weighted by molar-refractivity contribution is 0.240. The average molecular weight is 364 g/mol. The van der Waals surface area contributed by atoms with Crippen LogP contribution in [0.4, 0.5) is 0 Å². The Bertz CT molecular complexity index is 999. The van der Waals surface area contributed by atoms with Gasteiger partial charge in [-0.25, -0.2) is 4.98 Å². The van der Waals surface area contributed by atoms with Gasteiger partial charge in [-0.3, -0.25) is 19.8 Å². The van der Waals surface area contributed by atoms with Gasteiger partial charge in [0.1, 0.15) is 5.69 Å². The van der Waals surface area contributed by atoms with Crippen molar-refractivity contribution in [3.8, 4) is 11.5 Å². The molecule has 2 N–H and O–H groups in total. The van der Waals surface area contributed by atoms with Crippen molar-refractivity contribution in [2.45, 2.75) is 45.7 Å². The number of H-pyrrole nitrogens is 2. The van der Waals surface area contributed by atoms with Gasteiger partial charge in [0.2, 0.25) is 0 Å². The minimum Gasteiger partial charge on any atom is -0.305 e. The minimum atomic E-state index is -0.0754. The lowest BCUT2D eigenvalue weighted by Gasteiger charge is -2.28. The zero-order chi connectivity index (χ0) is 19.0. The molecular formula is C20H24N6O. The zero-order valence-electron chi connectivity index (χ0n) is 15.9. The van der Waals surface area contributed by atoms with Crippen molar-refractivity contribution in [2.24, 2.45) is 0 Å². The molecule has 0 aromatic carbocycles. The maximum Gasteiger partial charge on any atom is 0.255 e. The van der Waals surface area contributed by atoms with Crippen LogP contribution in [0.3, 0.4) is 0 Å². The first-order chi connectivity index (χ1) is 12.9. The van der Waals surface area contributed by atoms with Crippen molar-refractivity contribution in [1.82, 2.24) is 30.0 Å². The van der Waals surface area contributed by atoms with Gasteiger partial charge in [-0.05, 0) is 12.1 Å². The predicted molar refractivity (Wildman–Crippen MR) is 103 cm³/mol. The molecule has 0 bridgehead atoms. The Kier molecular flexibility index (Phi) is 4.39. The van der Waals surface area contributed by atoms with Gasteiger partial charge < -0.3 is 4.98 Å². The van der Waals surface area contributed by atoms with E-state index in [1.54, 1.807) is 6.20 Å². The number of nitrogens with zero attached hydrogens (tertiary/aromatic N) is 4. The smallest absolute Gasteiger partial charge is 0.255 e. The molecule has 0 saturated carbocycles. The summed E-state index contributed by atoms with van der Waals surface area (Å²) in [6.45, 7) is 8.73. The van der Waals surface area contributed by atoms with Crippen molar-refractivity contribution in [2.75, 3.05) is 6.54 Å². The van der Waals surface area contributed by atoms with E-state index in [1.165, 1.54) is 5.56 Å². The molecule has 0 unspecified atom stereocenters. The molecule has 0 aliphatic carbocycles. The van der Waals surface area contributed by atoms with Gasteiger partial charge in [0, 0.05) is 48.9 Å². The Morgan fingerprint density at radius 3 is 2.85 bits per heavy atom. The minimum absolute atomic E-state index is 0.0101.